The van der Waals surface area contributed by atoms with Crippen molar-refractivity contribution in [3.8, 4) is 11.3 Å². The van der Waals surface area contributed by atoms with Gasteiger partial charge in [0.15, 0.2) is 5.84 Å². The van der Waals surface area contributed by atoms with E-state index in [1.807, 2.05) is 30.3 Å². The first-order valence-corrected chi connectivity index (χ1v) is 10.4. The molecule has 2 aliphatic heterocycles. The molecule has 0 atom stereocenters. The summed E-state index contributed by atoms with van der Waals surface area (Å²) in [5, 5.41) is 15.0. The fourth-order valence-electron chi connectivity index (χ4n) is 3.27. The van der Waals surface area contributed by atoms with Crippen molar-refractivity contribution in [3.05, 3.63) is 89.2 Å². The van der Waals surface area contributed by atoms with Crippen LogP contribution >= 0.6 is 11.8 Å². The van der Waals surface area contributed by atoms with E-state index in [1.165, 1.54) is 47.1 Å². The number of furan rings is 1. The lowest BCUT2D eigenvalue weighted by molar-refractivity contribution is -0.137. The molecule has 0 saturated carbocycles. The number of carbonyl (C=O) groups excluding carboxylic acids is 1. The zero-order chi connectivity index (χ0) is 23.2. The average Bonchev–Trinajstić information content (AvgIpc) is 3.44. The first-order chi connectivity index (χ1) is 15.8. The van der Waals surface area contributed by atoms with Crippen LogP contribution in [0, 0.1) is 5.41 Å². The molecule has 0 radical (unpaired) electrons. The Morgan fingerprint density at radius 2 is 1.76 bits per heavy atom. The third-order valence-electron chi connectivity index (χ3n) is 4.86. The van der Waals surface area contributed by atoms with Gasteiger partial charge in [-0.25, -0.2) is 0 Å². The molecule has 0 fully saturated rings. The number of rotatable bonds is 3. The van der Waals surface area contributed by atoms with E-state index in [9.17, 15) is 18.0 Å². The van der Waals surface area contributed by atoms with Crippen LogP contribution in [0.1, 0.15) is 16.9 Å². The molecule has 33 heavy (non-hydrogen) atoms. The van der Waals surface area contributed by atoms with Gasteiger partial charge in [0.25, 0.3) is 5.91 Å². The van der Waals surface area contributed by atoms with Gasteiger partial charge >= 0.3 is 6.18 Å². The molecule has 0 spiro atoms. The zero-order valence-corrected chi connectivity index (χ0v) is 17.4. The van der Waals surface area contributed by atoms with Gasteiger partial charge in [0.05, 0.1) is 11.1 Å². The van der Waals surface area contributed by atoms with Gasteiger partial charge < -0.3 is 4.42 Å². The number of nitrogens with zero attached hydrogens (tertiary/aromatic N) is 3. The zero-order valence-electron chi connectivity index (χ0n) is 16.6. The number of hydrazone groups is 1. The number of amidine groups is 2. The summed E-state index contributed by atoms with van der Waals surface area (Å²) >= 11 is 1.19. The van der Waals surface area contributed by atoms with Gasteiger partial charge in [0.2, 0.25) is 5.17 Å². The van der Waals surface area contributed by atoms with E-state index in [-0.39, 0.29) is 33.7 Å². The molecule has 0 bridgehead atoms. The summed E-state index contributed by atoms with van der Waals surface area (Å²) in [5.74, 6) is -0.387. The number of nitrogens with one attached hydrogen (secondary N) is 1. The maximum atomic E-state index is 13.0. The number of benzene rings is 2. The number of hydrogen-bond donors (Lipinski definition) is 1. The second-order valence-electron chi connectivity index (χ2n) is 7.07. The van der Waals surface area contributed by atoms with E-state index in [4.69, 9.17) is 9.83 Å². The van der Waals surface area contributed by atoms with E-state index in [1.54, 1.807) is 0 Å². The summed E-state index contributed by atoms with van der Waals surface area (Å²) < 4.78 is 44.6. The van der Waals surface area contributed by atoms with Crippen molar-refractivity contribution in [3.63, 3.8) is 0 Å². The lowest BCUT2D eigenvalue weighted by Crippen LogP contribution is -2.35. The summed E-state index contributed by atoms with van der Waals surface area (Å²) in [6.07, 6.45) is -3.14. The maximum Gasteiger partial charge on any atom is 0.416 e. The molecule has 5 rings (SSSR count). The van der Waals surface area contributed by atoms with Crippen LogP contribution in [-0.2, 0) is 11.0 Å². The van der Waals surface area contributed by atoms with Crippen molar-refractivity contribution >= 4 is 39.8 Å². The van der Waals surface area contributed by atoms with Crippen molar-refractivity contribution in [2.75, 3.05) is 0 Å². The average molecular weight is 466 g/mol. The largest absolute Gasteiger partial charge is 0.457 e. The van der Waals surface area contributed by atoms with Crippen LogP contribution in [0.4, 0.5) is 13.2 Å². The summed E-state index contributed by atoms with van der Waals surface area (Å²) in [6.45, 7) is 0. The first kappa shape index (κ1) is 21.0. The second-order valence-corrected chi connectivity index (χ2v) is 8.03. The normalized spacial score (nSPS) is 17.3. The molecule has 3 aromatic rings. The van der Waals surface area contributed by atoms with Crippen LogP contribution in [0.25, 0.3) is 17.4 Å². The van der Waals surface area contributed by atoms with Crippen LogP contribution in [0.5, 0.6) is 0 Å². The van der Waals surface area contributed by atoms with Crippen LogP contribution in [0.15, 0.2) is 86.8 Å². The summed E-state index contributed by atoms with van der Waals surface area (Å²) in [6, 6.07) is 17.1. The Bertz CT molecular complexity index is 1370. The quantitative estimate of drug-likeness (QED) is 0.507. The van der Waals surface area contributed by atoms with E-state index in [2.05, 4.69) is 10.1 Å². The first-order valence-electron chi connectivity index (χ1n) is 9.63. The van der Waals surface area contributed by atoms with Crippen molar-refractivity contribution in [2.45, 2.75) is 6.18 Å². The monoisotopic (exact) mass is 466 g/mol. The molecule has 164 valence electrons. The van der Waals surface area contributed by atoms with E-state index < -0.39 is 17.6 Å². The Morgan fingerprint density at radius 3 is 2.52 bits per heavy atom. The predicted molar refractivity (Wildman–Crippen MR) is 120 cm³/mol. The summed E-state index contributed by atoms with van der Waals surface area (Å²) in [7, 11) is 0. The molecule has 0 aliphatic carbocycles. The molecule has 1 aromatic heterocycles. The lowest BCUT2D eigenvalue weighted by atomic mass is 10.1. The summed E-state index contributed by atoms with van der Waals surface area (Å²) in [5.41, 5.74) is 0.249. The van der Waals surface area contributed by atoms with Gasteiger partial charge in [-0.2, -0.15) is 28.3 Å². The van der Waals surface area contributed by atoms with Gasteiger partial charge in [-0.15, -0.1) is 0 Å². The second kappa shape index (κ2) is 7.89. The number of hydrogen-bond acceptors (Lipinski definition) is 5. The molecule has 2 aromatic carbocycles. The smallest absolute Gasteiger partial charge is 0.416 e. The van der Waals surface area contributed by atoms with Crippen LogP contribution in [-0.4, -0.2) is 27.0 Å². The lowest BCUT2D eigenvalue weighted by Gasteiger charge is -2.19. The Morgan fingerprint density at radius 1 is 1.00 bits per heavy atom. The van der Waals surface area contributed by atoms with Gasteiger partial charge in [-0.05, 0) is 42.1 Å². The number of alkyl halides is 3. The standard InChI is InChI=1S/C23H13F3N4O2S/c24-23(25,26)15-8-4-7-14(11-15)18-10-9-16(32-18)12-17-19(27)30-22(28-20(17)31)33-21(29-30)13-5-2-1-3-6-13/h1-12,27H/b17-12-,27-19?. The van der Waals surface area contributed by atoms with Gasteiger partial charge in [-0.1, -0.05) is 42.5 Å². The number of carbonyl (C=O) groups is 1. The number of amides is 1. The van der Waals surface area contributed by atoms with Crippen LogP contribution in [0.3, 0.4) is 0 Å². The number of halogens is 3. The fraction of sp³-hybridized carbons (Fsp3) is 0.0435. The van der Waals surface area contributed by atoms with Crippen molar-refractivity contribution in [1.82, 2.24) is 5.01 Å². The predicted octanol–water partition coefficient (Wildman–Crippen LogP) is 5.63. The molecule has 2 aliphatic rings. The van der Waals surface area contributed by atoms with Crippen LogP contribution in [0.2, 0.25) is 0 Å². The fourth-order valence-corrected chi connectivity index (χ4v) is 4.16. The van der Waals surface area contributed by atoms with Crippen molar-refractivity contribution < 1.29 is 22.4 Å². The highest BCUT2D eigenvalue weighted by Gasteiger charge is 2.36. The Kier molecular flexibility index (Phi) is 5.01. The maximum absolute atomic E-state index is 13.0. The number of fused-ring (bicyclic) bond motifs is 1. The number of aliphatic imine (C=N–C) groups is 1. The van der Waals surface area contributed by atoms with Crippen molar-refractivity contribution in [2.24, 2.45) is 10.1 Å². The van der Waals surface area contributed by atoms with E-state index >= 15 is 0 Å². The Labute approximate surface area is 189 Å². The number of thioether (sulfide) groups is 1. The third-order valence-corrected chi connectivity index (χ3v) is 5.82. The minimum atomic E-state index is -4.47. The summed E-state index contributed by atoms with van der Waals surface area (Å²) in [4.78, 5) is 16.6. The van der Waals surface area contributed by atoms with E-state index in [0.29, 0.717) is 5.04 Å². The molecule has 6 nitrogen and oxygen atoms in total. The Hall–Kier alpha value is -3.92. The molecule has 0 saturated heterocycles. The highest BCUT2D eigenvalue weighted by atomic mass is 32.2. The molecule has 3 heterocycles. The third kappa shape index (κ3) is 4.00. The molecule has 1 N–H and O–H groups in total. The molecular formula is C23H13F3N4O2S. The van der Waals surface area contributed by atoms with Crippen molar-refractivity contribution in [1.29, 1.82) is 5.41 Å². The van der Waals surface area contributed by atoms with Gasteiger partial charge in [0.1, 0.15) is 16.6 Å². The minimum Gasteiger partial charge on any atom is -0.457 e. The van der Waals surface area contributed by atoms with Gasteiger partial charge in [0, 0.05) is 11.1 Å². The van der Waals surface area contributed by atoms with E-state index in [0.717, 1.165) is 17.7 Å². The molecular weight excluding hydrogens is 453 g/mol. The minimum absolute atomic E-state index is 0.0395. The van der Waals surface area contributed by atoms with Crippen LogP contribution < -0.4 is 0 Å². The topological polar surface area (TPSA) is 82.0 Å². The molecule has 0 unspecified atom stereocenters. The highest BCUT2D eigenvalue weighted by Crippen LogP contribution is 2.34. The molecule has 10 heteroatoms. The SMILES string of the molecule is N=C1/C(=C/c2ccc(-c3cccc(C(F)(F)F)c3)o2)C(=O)N=C2SC(c3ccccc3)=NN12. The highest BCUT2D eigenvalue weighted by molar-refractivity contribution is 8.27. The molecule has 1 amide bonds. The van der Waals surface area contributed by atoms with Gasteiger partial charge in [-0.3, -0.25) is 10.2 Å². The Balaban J connectivity index is 1.43.